The Labute approximate surface area is 300 Å². The van der Waals surface area contributed by atoms with Gasteiger partial charge in [-0.05, 0) is 92.7 Å². The topological polar surface area (TPSA) is 25.8 Å². The van der Waals surface area contributed by atoms with Crippen LogP contribution in [-0.2, 0) is 10.8 Å². The average molecular weight is 657 g/mol. The molecule has 0 radical (unpaired) electrons. The Hall–Kier alpha value is -5.60. The summed E-state index contributed by atoms with van der Waals surface area (Å²) in [6.07, 6.45) is 6.48. The fourth-order valence-corrected chi connectivity index (χ4v) is 9.47. The molecule has 0 N–H and O–H groups in total. The number of nitrogens with zero attached hydrogens (tertiary/aromatic N) is 2. The lowest BCUT2D eigenvalue weighted by atomic mass is 9.67. The second-order valence-corrected chi connectivity index (χ2v) is 15.3. The molecule has 0 bridgehead atoms. The first kappa shape index (κ1) is 30.2. The quantitative estimate of drug-likeness (QED) is 0.188. The van der Waals surface area contributed by atoms with Crippen molar-refractivity contribution in [2.75, 3.05) is 0 Å². The minimum Gasteiger partial charge on any atom is -0.228 e. The maximum absolute atomic E-state index is 5.06. The van der Waals surface area contributed by atoms with Gasteiger partial charge in [-0.3, -0.25) is 0 Å². The predicted molar refractivity (Wildman–Crippen MR) is 211 cm³/mol. The van der Waals surface area contributed by atoms with Gasteiger partial charge < -0.3 is 0 Å². The van der Waals surface area contributed by atoms with E-state index in [4.69, 9.17) is 9.97 Å². The van der Waals surface area contributed by atoms with Crippen LogP contribution < -0.4 is 0 Å². The van der Waals surface area contributed by atoms with E-state index in [0.29, 0.717) is 0 Å². The summed E-state index contributed by atoms with van der Waals surface area (Å²) in [5, 5.41) is 0. The van der Waals surface area contributed by atoms with Gasteiger partial charge in [-0.25, -0.2) is 9.97 Å². The molecular formula is C49H40N2. The molecule has 0 saturated heterocycles. The molecule has 0 amide bonds. The zero-order valence-electron chi connectivity index (χ0n) is 29.3. The molecule has 7 aromatic rings. The van der Waals surface area contributed by atoms with Crippen molar-refractivity contribution in [3.63, 3.8) is 0 Å². The van der Waals surface area contributed by atoms with Gasteiger partial charge >= 0.3 is 0 Å². The molecule has 0 unspecified atom stereocenters. The maximum atomic E-state index is 5.06. The summed E-state index contributed by atoms with van der Waals surface area (Å²) in [6.45, 7) is 4.82. The van der Waals surface area contributed by atoms with Crippen LogP contribution in [0.15, 0.2) is 146 Å². The number of benzene rings is 6. The van der Waals surface area contributed by atoms with E-state index in [9.17, 15) is 0 Å². The van der Waals surface area contributed by atoms with E-state index in [2.05, 4.69) is 135 Å². The number of hydrogen-bond acceptors (Lipinski definition) is 2. The van der Waals surface area contributed by atoms with Crippen molar-refractivity contribution in [2.24, 2.45) is 0 Å². The van der Waals surface area contributed by atoms with Crippen LogP contribution in [0.5, 0.6) is 0 Å². The molecule has 2 nitrogen and oxygen atoms in total. The molecule has 3 aliphatic rings. The Morgan fingerprint density at radius 3 is 1.67 bits per heavy atom. The SMILES string of the molecule is CC1(C)c2ccc(-c3ccc(-c4cc(-c5ccccc5)nc(-c5ccccc5)n4)cc3)cc2-c2cc3c(cc21)-c1ccccc1C31CCCCC1. The van der Waals surface area contributed by atoms with E-state index in [-0.39, 0.29) is 10.8 Å². The first-order valence-corrected chi connectivity index (χ1v) is 18.5. The Bertz CT molecular complexity index is 2390. The Balaban J connectivity index is 1.05. The monoisotopic (exact) mass is 656 g/mol. The zero-order valence-corrected chi connectivity index (χ0v) is 29.3. The number of aromatic nitrogens is 2. The summed E-state index contributed by atoms with van der Waals surface area (Å²) in [7, 11) is 0. The second-order valence-electron chi connectivity index (χ2n) is 15.3. The van der Waals surface area contributed by atoms with E-state index < -0.39 is 0 Å². The minimum atomic E-state index is -0.0563. The van der Waals surface area contributed by atoms with Crippen LogP contribution in [-0.4, -0.2) is 9.97 Å². The van der Waals surface area contributed by atoms with Crippen LogP contribution in [0.3, 0.4) is 0 Å². The standard InChI is InChI=1S/C49H40N2/c1-48(2)41-25-24-36(28-38(41)40-30-44-39(29-43(40)48)37-18-10-11-19-42(37)49(44)26-12-5-13-27-49)32-20-22-34(23-21-32)46-31-45(33-14-6-3-7-15-33)50-47(51-46)35-16-8-4-9-17-35/h3-4,6-11,14-25,28-31H,5,12-13,26-27H2,1-2H3. The number of rotatable bonds is 4. The van der Waals surface area contributed by atoms with E-state index in [1.807, 2.05) is 24.3 Å². The summed E-state index contributed by atoms with van der Waals surface area (Å²) >= 11 is 0. The van der Waals surface area contributed by atoms with E-state index >= 15 is 0 Å². The lowest BCUT2D eigenvalue weighted by Gasteiger charge is -2.36. The average Bonchev–Trinajstić information content (AvgIpc) is 3.58. The van der Waals surface area contributed by atoms with Gasteiger partial charge in [0.15, 0.2) is 5.82 Å². The van der Waals surface area contributed by atoms with Crippen molar-refractivity contribution in [3.8, 4) is 67.3 Å². The molecule has 2 heteroatoms. The fraction of sp³-hybridized carbons (Fsp3) is 0.184. The third-order valence-corrected chi connectivity index (χ3v) is 12.1. The molecule has 0 aliphatic heterocycles. The molecule has 1 heterocycles. The number of fused-ring (bicyclic) bond motifs is 8. The lowest BCUT2D eigenvalue weighted by Crippen LogP contribution is -2.28. The summed E-state index contributed by atoms with van der Waals surface area (Å²) < 4.78 is 0. The van der Waals surface area contributed by atoms with Crippen molar-refractivity contribution in [1.82, 2.24) is 9.97 Å². The highest BCUT2D eigenvalue weighted by atomic mass is 14.9. The molecular weight excluding hydrogens is 617 g/mol. The van der Waals surface area contributed by atoms with Crippen LogP contribution >= 0.6 is 0 Å². The zero-order chi connectivity index (χ0) is 34.2. The molecule has 51 heavy (non-hydrogen) atoms. The van der Waals surface area contributed by atoms with Crippen LogP contribution in [0.4, 0.5) is 0 Å². The highest BCUT2D eigenvalue weighted by Gasteiger charge is 2.46. The molecule has 1 fully saturated rings. The van der Waals surface area contributed by atoms with Crippen molar-refractivity contribution >= 4 is 0 Å². The van der Waals surface area contributed by atoms with Gasteiger partial charge in [-0.1, -0.05) is 154 Å². The summed E-state index contributed by atoms with van der Waals surface area (Å²) in [4.78, 5) is 10.0. The van der Waals surface area contributed by atoms with E-state index in [1.54, 1.807) is 11.1 Å². The Morgan fingerprint density at radius 1 is 0.392 bits per heavy atom. The highest BCUT2D eigenvalue weighted by Crippen LogP contribution is 2.59. The summed E-state index contributed by atoms with van der Waals surface area (Å²) in [6, 6.07) is 53.3. The molecule has 1 spiro atoms. The molecule has 1 saturated carbocycles. The van der Waals surface area contributed by atoms with Crippen LogP contribution in [0.1, 0.15) is 68.2 Å². The normalized spacial score (nSPS) is 16.0. The van der Waals surface area contributed by atoms with E-state index in [0.717, 1.165) is 33.9 Å². The minimum absolute atomic E-state index is 0.0563. The third-order valence-electron chi connectivity index (χ3n) is 12.1. The molecule has 1 aromatic heterocycles. The smallest absolute Gasteiger partial charge is 0.160 e. The van der Waals surface area contributed by atoms with Gasteiger partial charge in [0, 0.05) is 27.5 Å². The van der Waals surface area contributed by atoms with Gasteiger partial charge in [0.05, 0.1) is 11.4 Å². The molecule has 246 valence electrons. The van der Waals surface area contributed by atoms with Gasteiger partial charge in [0.1, 0.15) is 0 Å². The van der Waals surface area contributed by atoms with Gasteiger partial charge in [-0.2, -0.15) is 0 Å². The highest BCUT2D eigenvalue weighted by molar-refractivity contribution is 5.91. The second kappa shape index (κ2) is 11.5. The summed E-state index contributed by atoms with van der Waals surface area (Å²) in [5.74, 6) is 0.737. The Morgan fingerprint density at radius 2 is 0.941 bits per heavy atom. The maximum Gasteiger partial charge on any atom is 0.160 e. The van der Waals surface area contributed by atoms with Crippen molar-refractivity contribution in [1.29, 1.82) is 0 Å². The van der Waals surface area contributed by atoms with Gasteiger partial charge in [0.25, 0.3) is 0 Å². The first-order valence-electron chi connectivity index (χ1n) is 18.5. The lowest BCUT2D eigenvalue weighted by molar-refractivity contribution is 0.353. The van der Waals surface area contributed by atoms with Gasteiger partial charge in [0.2, 0.25) is 0 Å². The van der Waals surface area contributed by atoms with Crippen LogP contribution in [0.25, 0.3) is 67.3 Å². The number of hydrogen-bond donors (Lipinski definition) is 0. The first-order chi connectivity index (χ1) is 25.0. The van der Waals surface area contributed by atoms with Crippen molar-refractivity contribution in [2.45, 2.75) is 56.8 Å². The molecule has 3 aliphatic carbocycles. The molecule has 6 aromatic carbocycles. The molecule has 0 atom stereocenters. The van der Waals surface area contributed by atoms with Gasteiger partial charge in [-0.15, -0.1) is 0 Å². The van der Waals surface area contributed by atoms with E-state index in [1.165, 1.54) is 76.6 Å². The Kier molecular flexibility index (Phi) is 6.80. The summed E-state index contributed by atoms with van der Waals surface area (Å²) in [5.41, 5.74) is 19.3. The van der Waals surface area contributed by atoms with Crippen LogP contribution in [0, 0.1) is 0 Å². The predicted octanol–water partition coefficient (Wildman–Crippen LogP) is 12.7. The largest absolute Gasteiger partial charge is 0.228 e. The molecule has 10 rings (SSSR count). The van der Waals surface area contributed by atoms with Crippen LogP contribution in [0.2, 0.25) is 0 Å². The third kappa shape index (κ3) is 4.69. The van der Waals surface area contributed by atoms with Crippen molar-refractivity contribution in [3.05, 3.63) is 168 Å². The van der Waals surface area contributed by atoms with Crippen molar-refractivity contribution < 1.29 is 0 Å². The fourth-order valence-electron chi connectivity index (χ4n) is 9.47.